The molecule has 2 aliphatic carbocycles. The van der Waals surface area contributed by atoms with E-state index >= 15 is 0 Å². The fraction of sp³-hybridized carbons (Fsp3) is 0.0339. The van der Waals surface area contributed by atoms with Crippen LogP contribution in [0, 0.1) is 6.92 Å². The van der Waals surface area contributed by atoms with Gasteiger partial charge in [-0.25, -0.2) is 0 Å². The highest BCUT2D eigenvalue weighted by Crippen LogP contribution is 2.64. The minimum atomic E-state index is -0.534. The molecular formula is C59H39N5. The van der Waals surface area contributed by atoms with E-state index < -0.39 is 5.41 Å². The Balaban J connectivity index is 1.13. The monoisotopic (exact) mass is 817 g/mol. The van der Waals surface area contributed by atoms with Crippen molar-refractivity contribution < 1.29 is 0 Å². The summed E-state index contributed by atoms with van der Waals surface area (Å²) in [5.41, 5.74) is 18.1. The van der Waals surface area contributed by atoms with Crippen LogP contribution in [0.15, 0.2) is 207 Å². The van der Waals surface area contributed by atoms with E-state index in [-0.39, 0.29) is 0 Å². The zero-order valence-corrected chi connectivity index (χ0v) is 35.1. The van der Waals surface area contributed by atoms with E-state index in [1.807, 2.05) is 18.2 Å². The van der Waals surface area contributed by atoms with E-state index in [0.717, 1.165) is 55.3 Å². The minimum absolute atomic E-state index is 0.534. The average molecular weight is 818 g/mol. The molecule has 3 heterocycles. The second-order valence-electron chi connectivity index (χ2n) is 16.8. The minimum Gasteiger partial charge on any atom is -0.278 e. The maximum absolute atomic E-state index is 5.51. The maximum atomic E-state index is 5.51. The fourth-order valence-corrected chi connectivity index (χ4v) is 11.0. The molecule has 0 N–H and O–H groups in total. The van der Waals surface area contributed by atoms with Crippen molar-refractivity contribution in [3.63, 3.8) is 0 Å². The van der Waals surface area contributed by atoms with Crippen molar-refractivity contribution in [3.8, 4) is 56.7 Å². The highest BCUT2D eigenvalue weighted by Gasteiger charge is 2.52. The van der Waals surface area contributed by atoms with Gasteiger partial charge in [0.1, 0.15) is 0 Å². The Labute approximate surface area is 370 Å². The topological polar surface area (TPSA) is 48.5 Å². The molecule has 0 fully saturated rings. The largest absolute Gasteiger partial charge is 0.278 e. The van der Waals surface area contributed by atoms with Gasteiger partial charge in [0.15, 0.2) is 5.82 Å². The van der Waals surface area contributed by atoms with Gasteiger partial charge in [-0.15, -0.1) is 0 Å². The van der Waals surface area contributed by atoms with Gasteiger partial charge in [0, 0.05) is 21.7 Å². The lowest BCUT2D eigenvalue weighted by atomic mass is 9.69. The molecule has 0 saturated heterocycles. The first-order valence-electron chi connectivity index (χ1n) is 21.8. The van der Waals surface area contributed by atoms with Crippen LogP contribution in [0.25, 0.3) is 95.5 Å². The fourth-order valence-electron chi connectivity index (χ4n) is 11.0. The van der Waals surface area contributed by atoms with E-state index in [0.29, 0.717) is 17.7 Å². The Morgan fingerprint density at radius 2 is 0.953 bits per heavy atom. The van der Waals surface area contributed by atoms with Crippen molar-refractivity contribution in [1.29, 1.82) is 0 Å². The second kappa shape index (κ2) is 13.8. The first-order valence-corrected chi connectivity index (χ1v) is 21.8. The molecule has 3 aromatic heterocycles. The number of hydrogen-bond donors (Lipinski definition) is 0. The molecule has 300 valence electrons. The number of nitrogens with zero attached hydrogens (tertiary/aromatic N) is 5. The SMILES string of the molecule is C=C/C=C\c1c(C)c2c3c(ccc2n1-c1nc(-c2ccc(-c4ccccc4)cc2)nc(-n2c4ccccc4c4ccccc42)n1)-c1ccccc1C31c2ccccc2-c2ccccc21. The summed E-state index contributed by atoms with van der Waals surface area (Å²) in [6, 6.07) is 67.6. The van der Waals surface area contributed by atoms with Crippen molar-refractivity contribution in [1.82, 2.24) is 24.1 Å². The summed E-state index contributed by atoms with van der Waals surface area (Å²) < 4.78 is 4.43. The number of para-hydroxylation sites is 2. The third kappa shape index (κ3) is 4.92. The van der Waals surface area contributed by atoms with Crippen LogP contribution >= 0.6 is 0 Å². The molecule has 8 aromatic carbocycles. The van der Waals surface area contributed by atoms with Crippen molar-refractivity contribution in [2.24, 2.45) is 0 Å². The number of allylic oxidation sites excluding steroid dienone is 2. The van der Waals surface area contributed by atoms with Crippen LogP contribution in [-0.4, -0.2) is 24.1 Å². The summed E-state index contributed by atoms with van der Waals surface area (Å²) in [5, 5.41) is 3.47. The maximum Gasteiger partial charge on any atom is 0.240 e. The van der Waals surface area contributed by atoms with Gasteiger partial charge in [-0.2, -0.15) is 15.0 Å². The summed E-state index contributed by atoms with van der Waals surface area (Å²) >= 11 is 0. The average Bonchev–Trinajstić information content (AvgIpc) is 4.05. The van der Waals surface area contributed by atoms with Gasteiger partial charge in [-0.1, -0.05) is 189 Å². The molecule has 0 amide bonds. The van der Waals surface area contributed by atoms with E-state index in [1.165, 1.54) is 49.9 Å². The molecule has 2 aliphatic rings. The van der Waals surface area contributed by atoms with Crippen molar-refractivity contribution >= 4 is 38.8 Å². The number of fused-ring (bicyclic) bond motifs is 15. The van der Waals surface area contributed by atoms with Crippen LogP contribution in [0.3, 0.4) is 0 Å². The molecule has 0 bridgehead atoms. The number of rotatable bonds is 6. The Morgan fingerprint density at radius 1 is 0.453 bits per heavy atom. The van der Waals surface area contributed by atoms with Crippen LogP contribution in [0.5, 0.6) is 0 Å². The molecule has 13 rings (SSSR count). The summed E-state index contributed by atoms with van der Waals surface area (Å²) in [6.07, 6.45) is 6.00. The van der Waals surface area contributed by atoms with Gasteiger partial charge in [0.05, 0.1) is 27.7 Å². The van der Waals surface area contributed by atoms with Gasteiger partial charge in [-0.3, -0.25) is 9.13 Å². The molecule has 64 heavy (non-hydrogen) atoms. The van der Waals surface area contributed by atoms with Crippen LogP contribution in [0.4, 0.5) is 0 Å². The molecule has 1 spiro atoms. The molecule has 0 atom stereocenters. The van der Waals surface area contributed by atoms with E-state index in [2.05, 4.69) is 211 Å². The van der Waals surface area contributed by atoms with Gasteiger partial charge in [-0.05, 0) is 92.4 Å². The van der Waals surface area contributed by atoms with Crippen molar-refractivity contribution in [2.75, 3.05) is 0 Å². The first kappa shape index (κ1) is 36.3. The smallest absolute Gasteiger partial charge is 0.240 e. The highest BCUT2D eigenvalue weighted by atomic mass is 15.3. The molecule has 5 nitrogen and oxygen atoms in total. The van der Waals surface area contributed by atoms with Gasteiger partial charge in [0.2, 0.25) is 11.9 Å². The molecule has 5 heteroatoms. The standard InChI is InChI=1S/C59H39N5/c1-3-4-28-50-37(2)54-53(36-35-46-43-22-10-15-27-49(43)59(55(46)54)47-25-13-8-20-41(47)42-21-9-14-26-48(42)59)63(50)57-60-56(40-33-31-39(32-34-40)38-18-6-5-7-19-38)61-58(62-57)64-51-29-16-11-23-44(51)45-24-12-17-30-52(45)64/h3-36H,1H2,2H3/b28-4-. The summed E-state index contributed by atoms with van der Waals surface area (Å²) in [6.45, 7) is 6.36. The normalized spacial score (nSPS) is 13.2. The Hall–Kier alpha value is -8.41. The van der Waals surface area contributed by atoms with Gasteiger partial charge >= 0.3 is 0 Å². The molecule has 11 aromatic rings. The van der Waals surface area contributed by atoms with Crippen LogP contribution in [0.1, 0.15) is 33.5 Å². The molecule has 0 unspecified atom stereocenters. The lowest BCUT2D eigenvalue weighted by molar-refractivity contribution is 0.801. The van der Waals surface area contributed by atoms with Crippen LogP contribution in [-0.2, 0) is 5.41 Å². The van der Waals surface area contributed by atoms with E-state index in [1.54, 1.807) is 0 Å². The third-order valence-electron chi connectivity index (χ3n) is 13.6. The summed E-state index contributed by atoms with van der Waals surface area (Å²) in [7, 11) is 0. The Kier molecular flexibility index (Phi) is 7.82. The van der Waals surface area contributed by atoms with Gasteiger partial charge < -0.3 is 0 Å². The number of aryl methyl sites for hydroxylation is 1. The van der Waals surface area contributed by atoms with Crippen molar-refractivity contribution in [2.45, 2.75) is 12.3 Å². The zero-order valence-electron chi connectivity index (χ0n) is 35.1. The first-order chi connectivity index (χ1) is 31.6. The number of hydrogen-bond acceptors (Lipinski definition) is 3. The lowest BCUT2D eigenvalue weighted by Crippen LogP contribution is -2.26. The zero-order chi connectivity index (χ0) is 42.5. The summed E-state index contributed by atoms with van der Waals surface area (Å²) in [5.74, 6) is 1.67. The Bertz CT molecular complexity index is 3640. The van der Waals surface area contributed by atoms with Crippen LogP contribution in [0.2, 0.25) is 0 Å². The third-order valence-corrected chi connectivity index (χ3v) is 13.6. The molecule has 0 aliphatic heterocycles. The predicted octanol–water partition coefficient (Wildman–Crippen LogP) is 14.1. The number of aromatic nitrogens is 5. The van der Waals surface area contributed by atoms with Gasteiger partial charge in [0.25, 0.3) is 0 Å². The number of benzene rings is 8. The molecule has 0 radical (unpaired) electrons. The predicted molar refractivity (Wildman–Crippen MR) is 262 cm³/mol. The van der Waals surface area contributed by atoms with E-state index in [9.17, 15) is 0 Å². The van der Waals surface area contributed by atoms with Crippen molar-refractivity contribution in [3.05, 3.63) is 240 Å². The lowest BCUT2D eigenvalue weighted by Gasteiger charge is -2.31. The van der Waals surface area contributed by atoms with Crippen LogP contribution < -0.4 is 0 Å². The second-order valence-corrected chi connectivity index (χ2v) is 16.8. The quantitative estimate of drug-likeness (QED) is 0.157. The molecular weight excluding hydrogens is 779 g/mol. The highest BCUT2D eigenvalue weighted by molar-refractivity contribution is 6.09. The molecule has 0 saturated carbocycles. The van der Waals surface area contributed by atoms with E-state index in [4.69, 9.17) is 15.0 Å². The Morgan fingerprint density at radius 3 is 1.56 bits per heavy atom. The summed E-state index contributed by atoms with van der Waals surface area (Å²) in [4.78, 5) is 16.3.